The lowest BCUT2D eigenvalue weighted by molar-refractivity contribution is -0.136. The molecule has 0 fully saturated rings. The molecule has 1 heterocycles. The van der Waals surface area contributed by atoms with E-state index in [0.717, 1.165) is 16.6 Å². The topological polar surface area (TPSA) is 82.5 Å². The molecular weight excluding hydrogens is 268 g/mol. The molecule has 0 aliphatic heterocycles. The minimum atomic E-state index is -0.903. The predicted octanol–water partition coefficient (Wildman–Crippen LogP) is 2.35. The lowest BCUT2D eigenvalue weighted by atomic mass is 9.99. The van der Waals surface area contributed by atoms with Crippen molar-refractivity contribution in [3.63, 3.8) is 0 Å². The highest BCUT2D eigenvalue weighted by Crippen LogP contribution is 2.31. The zero-order valence-electron chi connectivity index (χ0n) is 12.5. The number of carbonyl (C=O) groups is 1. The van der Waals surface area contributed by atoms with Crippen LogP contribution in [-0.4, -0.2) is 33.3 Å². The van der Waals surface area contributed by atoms with E-state index in [1.165, 1.54) is 0 Å². The molecule has 0 atom stereocenters. The maximum Gasteiger partial charge on any atom is 0.307 e. The maximum absolute atomic E-state index is 11.1. The van der Waals surface area contributed by atoms with Crippen LogP contribution in [0.2, 0.25) is 0 Å². The van der Waals surface area contributed by atoms with Crippen molar-refractivity contribution in [1.29, 1.82) is 0 Å². The van der Waals surface area contributed by atoms with E-state index in [1.54, 1.807) is 0 Å². The van der Waals surface area contributed by atoms with Gasteiger partial charge in [-0.2, -0.15) is 0 Å². The highest BCUT2D eigenvalue weighted by molar-refractivity contribution is 5.95. The maximum atomic E-state index is 11.1. The van der Waals surface area contributed by atoms with Gasteiger partial charge >= 0.3 is 5.97 Å². The number of pyridine rings is 1. The molecule has 0 saturated heterocycles. The first kappa shape index (κ1) is 15.3. The summed E-state index contributed by atoms with van der Waals surface area (Å²) in [6.45, 7) is 5.47. The van der Waals surface area contributed by atoms with Gasteiger partial charge in [0.15, 0.2) is 0 Å². The van der Waals surface area contributed by atoms with Gasteiger partial charge in [0.2, 0.25) is 0 Å². The zero-order chi connectivity index (χ0) is 15.6. The van der Waals surface area contributed by atoms with E-state index in [-0.39, 0.29) is 13.0 Å². The first-order valence-corrected chi connectivity index (χ1v) is 6.83. The Hall–Kier alpha value is -2.14. The van der Waals surface area contributed by atoms with Gasteiger partial charge in [-0.25, -0.2) is 0 Å². The van der Waals surface area contributed by atoms with Crippen molar-refractivity contribution in [1.82, 2.24) is 4.98 Å². The van der Waals surface area contributed by atoms with E-state index >= 15 is 0 Å². The van der Waals surface area contributed by atoms with Crippen LogP contribution in [0.15, 0.2) is 24.3 Å². The average molecular weight is 288 g/mol. The summed E-state index contributed by atoms with van der Waals surface area (Å²) in [7, 11) is 0. The van der Waals surface area contributed by atoms with E-state index in [4.69, 9.17) is 5.11 Å². The van der Waals surface area contributed by atoms with Crippen molar-refractivity contribution >= 4 is 22.6 Å². The standard InChI is InChI=1S/C16H20N2O3/c1-10-12(8-14(20)21)15(18-16(2,3)9-19)11-6-4-5-7-13(11)17-10/h4-7,19H,8-9H2,1-3H3,(H,17,18)(H,20,21). The second-order valence-corrected chi connectivity index (χ2v) is 5.81. The number of aliphatic carboxylic acids is 1. The number of aliphatic hydroxyl groups is 1. The number of aliphatic hydroxyl groups excluding tert-OH is 1. The summed E-state index contributed by atoms with van der Waals surface area (Å²) in [6, 6.07) is 7.58. The first-order valence-electron chi connectivity index (χ1n) is 6.83. The third-order valence-corrected chi connectivity index (χ3v) is 3.39. The smallest absolute Gasteiger partial charge is 0.307 e. The number of fused-ring (bicyclic) bond motifs is 1. The number of aromatic nitrogens is 1. The second-order valence-electron chi connectivity index (χ2n) is 5.81. The van der Waals surface area contributed by atoms with Crippen LogP contribution in [0.5, 0.6) is 0 Å². The molecule has 21 heavy (non-hydrogen) atoms. The van der Waals surface area contributed by atoms with E-state index in [9.17, 15) is 9.90 Å². The fraction of sp³-hybridized carbons (Fsp3) is 0.375. The molecule has 0 bridgehead atoms. The number of hydrogen-bond donors (Lipinski definition) is 3. The van der Waals surface area contributed by atoms with E-state index in [1.807, 2.05) is 45.0 Å². The first-order chi connectivity index (χ1) is 9.84. The summed E-state index contributed by atoms with van der Waals surface area (Å²) in [5.41, 5.74) is 2.33. The molecule has 0 aliphatic rings. The van der Waals surface area contributed by atoms with Crippen molar-refractivity contribution < 1.29 is 15.0 Å². The summed E-state index contributed by atoms with van der Waals surface area (Å²) in [6.07, 6.45) is -0.104. The molecular formula is C16H20N2O3. The van der Waals surface area contributed by atoms with Gasteiger partial charge in [-0.3, -0.25) is 9.78 Å². The molecule has 0 aliphatic carbocycles. The molecule has 0 unspecified atom stereocenters. The highest BCUT2D eigenvalue weighted by Gasteiger charge is 2.22. The Kier molecular flexibility index (Phi) is 4.14. The Balaban J connectivity index is 2.68. The molecule has 5 heteroatoms. The molecule has 0 spiro atoms. The van der Waals surface area contributed by atoms with Gasteiger partial charge in [0, 0.05) is 22.3 Å². The number of benzene rings is 1. The summed E-state index contributed by atoms with van der Waals surface area (Å²) in [4.78, 5) is 15.6. The quantitative estimate of drug-likeness (QED) is 0.786. The van der Waals surface area contributed by atoms with Crippen molar-refractivity contribution in [3.05, 3.63) is 35.5 Å². The Morgan fingerprint density at radius 2 is 2.00 bits per heavy atom. The van der Waals surface area contributed by atoms with E-state index in [2.05, 4.69) is 10.3 Å². The minimum Gasteiger partial charge on any atom is -0.481 e. The summed E-state index contributed by atoms with van der Waals surface area (Å²) < 4.78 is 0. The van der Waals surface area contributed by atoms with Crippen LogP contribution < -0.4 is 5.32 Å². The van der Waals surface area contributed by atoms with Gasteiger partial charge in [-0.05, 0) is 26.8 Å². The van der Waals surface area contributed by atoms with Crippen LogP contribution in [0.1, 0.15) is 25.1 Å². The summed E-state index contributed by atoms with van der Waals surface area (Å²) >= 11 is 0. The molecule has 1 aromatic heterocycles. The van der Waals surface area contributed by atoms with Crippen LogP contribution in [0.4, 0.5) is 5.69 Å². The third-order valence-electron chi connectivity index (χ3n) is 3.39. The molecule has 0 amide bonds. The van der Waals surface area contributed by atoms with Gasteiger partial charge in [0.05, 0.1) is 24.1 Å². The number of para-hydroxylation sites is 1. The van der Waals surface area contributed by atoms with Gasteiger partial charge < -0.3 is 15.5 Å². The lowest BCUT2D eigenvalue weighted by Crippen LogP contribution is -2.35. The van der Waals surface area contributed by atoms with Crippen molar-refractivity contribution in [2.75, 3.05) is 11.9 Å². The predicted molar refractivity (Wildman–Crippen MR) is 82.6 cm³/mol. The number of carboxylic acid groups (broad SMARTS) is 1. The van der Waals surface area contributed by atoms with Crippen LogP contribution >= 0.6 is 0 Å². The Morgan fingerprint density at radius 1 is 1.33 bits per heavy atom. The van der Waals surface area contributed by atoms with E-state index < -0.39 is 11.5 Å². The third kappa shape index (κ3) is 3.31. The number of aryl methyl sites for hydroxylation is 1. The van der Waals surface area contributed by atoms with Gasteiger partial charge in [-0.15, -0.1) is 0 Å². The molecule has 112 valence electrons. The number of nitrogens with zero attached hydrogens (tertiary/aromatic N) is 1. The molecule has 5 nitrogen and oxygen atoms in total. The largest absolute Gasteiger partial charge is 0.481 e. The minimum absolute atomic E-state index is 0.0603. The van der Waals surface area contributed by atoms with E-state index in [0.29, 0.717) is 11.3 Å². The summed E-state index contributed by atoms with van der Waals surface area (Å²) in [5, 5.41) is 22.7. The van der Waals surface area contributed by atoms with Crippen molar-refractivity contribution in [3.8, 4) is 0 Å². The number of hydrogen-bond acceptors (Lipinski definition) is 4. The SMILES string of the molecule is Cc1nc2ccccc2c(NC(C)(C)CO)c1CC(=O)O. The number of rotatable bonds is 5. The second kappa shape index (κ2) is 5.69. The van der Waals surface area contributed by atoms with Gasteiger partial charge in [-0.1, -0.05) is 18.2 Å². The van der Waals surface area contributed by atoms with Crippen LogP contribution in [-0.2, 0) is 11.2 Å². The number of nitrogens with one attached hydrogen (secondary N) is 1. The molecule has 0 saturated carbocycles. The van der Waals surface area contributed by atoms with Crippen LogP contribution in [0.3, 0.4) is 0 Å². The highest BCUT2D eigenvalue weighted by atomic mass is 16.4. The number of anilines is 1. The summed E-state index contributed by atoms with van der Waals surface area (Å²) in [5.74, 6) is -0.903. The van der Waals surface area contributed by atoms with Crippen molar-refractivity contribution in [2.45, 2.75) is 32.7 Å². The molecule has 0 radical (unpaired) electrons. The fourth-order valence-electron chi connectivity index (χ4n) is 2.26. The Bertz CT molecular complexity index is 681. The molecule has 3 N–H and O–H groups in total. The van der Waals surface area contributed by atoms with Crippen LogP contribution in [0, 0.1) is 6.92 Å². The number of carboxylic acids is 1. The molecule has 2 rings (SSSR count). The molecule has 1 aromatic carbocycles. The Morgan fingerprint density at radius 3 is 2.62 bits per heavy atom. The normalized spacial score (nSPS) is 11.6. The monoisotopic (exact) mass is 288 g/mol. The van der Waals surface area contributed by atoms with Crippen LogP contribution in [0.25, 0.3) is 10.9 Å². The fourth-order valence-corrected chi connectivity index (χ4v) is 2.26. The average Bonchev–Trinajstić information content (AvgIpc) is 2.42. The van der Waals surface area contributed by atoms with Gasteiger partial charge in [0.1, 0.15) is 0 Å². The molecule has 2 aromatic rings. The Labute approximate surface area is 123 Å². The lowest BCUT2D eigenvalue weighted by Gasteiger charge is -2.28. The zero-order valence-corrected chi connectivity index (χ0v) is 12.5. The van der Waals surface area contributed by atoms with Crippen molar-refractivity contribution in [2.24, 2.45) is 0 Å². The van der Waals surface area contributed by atoms with Gasteiger partial charge in [0.25, 0.3) is 0 Å².